The Kier molecular flexibility index (Phi) is 2.98. The van der Waals surface area contributed by atoms with E-state index in [-0.39, 0.29) is 11.0 Å². The molecule has 2 aromatic heterocycles. The molecule has 4 saturated carbocycles. The molecule has 4 heteroatoms. The van der Waals surface area contributed by atoms with Crippen molar-refractivity contribution < 1.29 is 8.83 Å². The van der Waals surface area contributed by atoms with Gasteiger partial charge < -0.3 is 8.83 Å². The monoisotopic (exact) mass is 375 g/mol. The summed E-state index contributed by atoms with van der Waals surface area (Å²) in [6.07, 6.45) is 12.0. The quantitative estimate of drug-likeness (QED) is 0.543. The highest BCUT2D eigenvalue weighted by atomic mass is 16.4. The van der Waals surface area contributed by atoms with Gasteiger partial charge in [0.2, 0.25) is 5.89 Å². The van der Waals surface area contributed by atoms with E-state index in [4.69, 9.17) is 13.8 Å². The standard InChI is InChI=1S/C24H25NO3/c26-22-17-4-2-1-3-16(17)18-8-19-21(9-20(18)27-22)28-23(25-19)24-10-13-5-14(11-24)7-15(6-13)12-24/h8-9,13-15H,1-7,10-12H2. The van der Waals surface area contributed by atoms with Gasteiger partial charge in [-0.15, -0.1) is 0 Å². The van der Waals surface area contributed by atoms with Gasteiger partial charge in [0, 0.05) is 22.4 Å². The maximum absolute atomic E-state index is 12.4. The first-order valence-corrected chi connectivity index (χ1v) is 11.1. The Morgan fingerprint density at radius 3 is 2.25 bits per heavy atom. The molecular weight excluding hydrogens is 350 g/mol. The van der Waals surface area contributed by atoms with Crippen LogP contribution in [0.15, 0.2) is 25.8 Å². The molecule has 8 rings (SSSR count). The summed E-state index contributed by atoms with van der Waals surface area (Å²) >= 11 is 0. The molecule has 3 aromatic rings. The molecule has 28 heavy (non-hydrogen) atoms. The molecule has 0 amide bonds. The zero-order chi connectivity index (χ0) is 18.5. The first kappa shape index (κ1) is 15.8. The van der Waals surface area contributed by atoms with E-state index in [9.17, 15) is 4.79 Å². The summed E-state index contributed by atoms with van der Waals surface area (Å²) in [4.78, 5) is 17.5. The van der Waals surface area contributed by atoms with Gasteiger partial charge in [-0.25, -0.2) is 9.78 Å². The molecule has 0 radical (unpaired) electrons. The van der Waals surface area contributed by atoms with Gasteiger partial charge in [0.15, 0.2) is 5.58 Å². The summed E-state index contributed by atoms with van der Waals surface area (Å²) in [5.41, 5.74) is 4.41. The molecule has 5 aliphatic rings. The third-order valence-electron chi connectivity index (χ3n) is 8.22. The van der Waals surface area contributed by atoms with E-state index in [0.29, 0.717) is 5.58 Å². The fourth-order valence-electron chi connectivity index (χ4n) is 7.46. The van der Waals surface area contributed by atoms with Gasteiger partial charge in [-0.2, -0.15) is 0 Å². The van der Waals surface area contributed by atoms with Crippen molar-refractivity contribution in [1.82, 2.24) is 4.98 Å². The number of rotatable bonds is 1. The van der Waals surface area contributed by atoms with Gasteiger partial charge in [-0.1, -0.05) is 0 Å². The van der Waals surface area contributed by atoms with E-state index in [1.807, 2.05) is 6.07 Å². The van der Waals surface area contributed by atoms with Crippen molar-refractivity contribution in [2.45, 2.75) is 69.6 Å². The Balaban J connectivity index is 1.41. The fourth-order valence-corrected chi connectivity index (χ4v) is 7.46. The predicted octanol–water partition coefficient (Wildman–Crippen LogP) is 5.28. The second-order valence-electron chi connectivity index (χ2n) is 10.1. The van der Waals surface area contributed by atoms with Crippen LogP contribution in [0.5, 0.6) is 0 Å². The molecule has 0 N–H and O–H groups in total. The number of aromatic nitrogens is 1. The molecule has 4 fully saturated rings. The summed E-state index contributed by atoms with van der Waals surface area (Å²) in [5, 5.41) is 1.06. The van der Waals surface area contributed by atoms with Crippen LogP contribution in [0.1, 0.15) is 68.4 Å². The molecule has 1 aromatic carbocycles. The Labute approximate surface area is 163 Å². The average Bonchev–Trinajstić information content (AvgIpc) is 3.10. The lowest BCUT2D eigenvalue weighted by atomic mass is 9.49. The van der Waals surface area contributed by atoms with Gasteiger partial charge in [0.1, 0.15) is 11.1 Å². The number of hydrogen-bond acceptors (Lipinski definition) is 4. The van der Waals surface area contributed by atoms with Crippen LogP contribution >= 0.6 is 0 Å². The minimum Gasteiger partial charge on any atom is -0.440 e. The third kappa shape index (κ3) is 2.07. The lowest BCUT2D eigenvalue weighted by molar-refractivity contribution is -0.0170. The molecule has 4 nitrogen and oxygen atoms in total. The van der Waals surface area contributed by atoms with Gasteiger partial charge in [-0.3, -0.25) is 0 Å². The Bertz CT molecular complexity index is 1150. The first-order chi connectivity index (χ1) is 13.7. The molecule has 2 heterocycles. The predicted molar refractivity (Wildman–Crippen MR) is 107 cm³/mol. The number of hydrogen-bond donors (Lipinski definition) is 0. The summed E-state index contributed by atoms with van der Waals surface area (Å²) in [7, 11) is 0. The van der Waals surface area contributed by atoms with E-state index < -0.39 is 0 Å². The third-order valence-corrected chi connectivity index (χ3v) is 8.22. The number of benzene rings is 1. The summed E-state index contributed by atoms with van der Waals surface area (Å²) in [6, 6.07) is 4.03. The van der Waals surface area contributed by atoms with Crippen molar-refractivity contribution in [3.8, 4) is 0 Å². The minimum absolute atomic E-state index is 0.153. The maximum Gasteiger partial charge on any atom is 0.339 e. The molecule has 0 aliphatic heterocycles. The van der Waals surface area contributed by atoms with Crippen LogP contribution in [-0.4, -0.2) is 4.98 Å². The van der Waals surface area contributed by atoms with Crippen LogP contribution < -0.4 is 5.63 Å². The van der Waals surface area contributed by atoms with Gasteiger partial charge in [0.05, 0.1) is 0 Å². The van der Waals surface area contributed by atoms with Crippen LogP contribution in [0.2, 0.25) is 0 Å². The van der Waals surface area contributed by atoms with E-state index in [1.54, 1.807) is 0 Å². The Morgan fingerprint density at radius 2 is 1.54 bits per heavy atom. The van der Waals surface area contributed by atoms with E-state index in [0.717, 1.165) is 71.4 Å². The van der Waals surface area contributed by atoms with Crippen molar-refractivity contribution >= 4 is 22.1 Å². The largest absolute Gasteiger partial charge is 0.440 e. The van der Waals surface area contributed by atoms with Crippen molar-refractivity contribution in [2.24, 2.45) is 17.8 Å². The van der Waals surface area contributed by atoms with Crippen molar-refractivity contribution in [3.63, 3.8) is 0 Å². The highest BCUT2D eigenvalue weighted by molar-refractivity contribution is 5.93. The van der Waals surface area contributed by atoms with Crippen molar-refractivity contribution in [1.29, 1.82) is 0 Å². The molecule has 5 aliphatic carbocycles. The molecule has 4 bridgehead atoms. The normalized spacial score (nSPS) is 33.6. The molecule has 0 spiro atoms. The average molecular weight is 375 g/mol. The van der Waals surface area contributed by atoms with Crippen LogP contribution in [0.3, 0.4) is 0 Å². The zero-order valence-electron chi connectivity index (χ0n) is 16.1. The zero-order valence-corrected chi connectivity index (χ0v) is 16.1. The second kappa shape index (κ2) is 5.28. The summed E-state index contributed by atoms with van der Waals surface area (Å²) in [5.74, 6) is 3.55. The molecule has 144 valence electrons. The highest BCUT2D eigenvalue weighted by Crippen LogP contribution is 2.60. The van der Waals surface area contributed by atoms with Gasteiger partial charge in [0.25, 0.3) is 0 Å². The lowest BCUT2D eigenvalue weighted by Crippen LogP contribution is -2.48. The van der Waals surface area contributed by atoms with Gasteiger partial charge in [-0.05, 0) is 93.6 Å². The molecular formula is C24H25NO3. The number of oxazole rings is 1. The first-order valence-electron chi connectivity index (χ1n) is 11.1. The lowest BCUT2D eigenvalue weighted by Gasteiger charge is -2.55. The molecule has 0 atom stereocenters. The Hall–Kier alpha value is -2.10. The number of fused-ring (bicyclic) bond motifs is 4. The minimum atomic E-state index is -0.164. The van der Waals surface area contributed by atoms with Gasteiger partial charge >= 0.3 is 5.63 Å². The maximum atomic E-state index is 12.4. The summed E-state index contributed by atoms with van der Waals surface area (Å²) in [6.45, 7) is 0. The SMILES string of the molecule is O=c1oc2cc3oc(C45CC6CC(CC(C6)C4)C5)nc3cc2c2c1CCCC2. The van der Waals surface area contributed by atoms with Crippen LogP contribution in [0, 0.1) is 17.8 Å². The Morgan fingerprint density at radius 1 is 0.857 bits per heavy atom. The summed E-state index contributed by atoms with van der Waals surface area (Å²) < 4.78 is 12.1. The smallest absolute Gasteiger partial charge is 0.339 e. The number of aryl methyl sites for hydroxylation is 1. The van der Waals surface area contributed by atoms with E-state index in [1.165, 1.54) is 44.1 Å². The highest BCUT2D eigenvalue weighted by Gasteiger charge is 2.54. The fraction of sp³-hybridized carbons (Fsp3) is 0.583. The van der Waals surface area contributed by atoms with Crippen LogP contribution in [0.4, 0.5) is 0 Å². The molecule has 0 unspecified atom stereocenters. The number of nitrogens with zero attached hydrogens (tertiary/aromatic N) is 1. The topological polar surface area (TPSA) is 56.2 Å². The second-order valence-corrected chi connectivity index (χ2v) is 10.1. The van der Waals surface area contributed by atoms with Crippen LogP contribution in [0.25, 0.3) is 22.1 Å². The molecule has 0 saturated heterocycles. The van der Waals surface area contributed by atoms with E-state index >= 15 is 0 Å². The van der Waals surface area contributed by atoms with Crippen molar-refractivity contribution in [2.75, 3.05) is 0 Å². The van der Waals surface area contributed by atoms with E-state index in [2.05, 4.69) is 6.07 Å². The van der Waals surface area contributed by atoms with Crippen LogP contribution in [-0.2, 0) is 18.3 Å². The van der Waals surface area contributed by atoms with Crippen molar-refractivity contribution in [3.05, 3.63) is 39.6 Å².